The first-order valence-corrected chi connectivity index (χ1v) is 10.3. The molecular formula is C18H30N6O6S. The van der Waals surface area contributed by atoms with Crippen LogP contribution in [-0.4, -0.2) is 80.4 Å². The Morgan fingerprint density at radius 3 is 2.16 bits per heavy atom. The molecule has 0 aliphatic carbocycles. The van der Waals surface area contributed by atoms with Crippen LogP contribution in [0.2, 0.25) is 0 Å². The van der Waals surface area contributed by atoms with E-state index in [2.05, 4.69) is 38.5 Å². The summed E-state index contributed by atoms with van der Waals surface area (Å²) < 4.78 is 0. The summed E-state index contributed by atoms with van der Waals surface area (Å²) in [7, 11) is 0. The van der Waals surface area contributed by atoms with Crippen LogP contribution in [0.15, 0.2) is 12.5 Å². The molecule has 0 aliphatic rings. The van der Waals surface area contributed by atoms with Crippen molar-refractivity contribution in [2.45, 2.75) is 50.9 Å². The second-order valence-corrected chi connectivity index (χ2v) is 7.77. The highest BCUT2D eigenvalue weighted by molar-refractivity contribution is 7.80. The van der Waals surface area contributed by atoms with Crippen molar-refractivity contribution in [2.24, 2.45) is 11.7 Å². The normalized spacial score (nSPS) is 14.9. The molecular weight excluding hydrogens is 428 g/mol. The Balaban J connectivity index is 2.96. The van der Waals surface area contributed by atoms with E-state index < -0.39 is 54.5 Å². The molecule has 0 spiro atoms. The Bertz CT molecular complexity index is 744. The second-order valence-electron chi connectivity index (χ2n) is 7.40. The van der Waals surface area contributed by atoms with Gasteiger partial charge in [-0.05, 0) is 12.3 Å². The zero-order valence-electron chi connectivity index (χ0n) is 17.4. The van der Waals surface area contributed by atoms with Gasteiger partial charge in [0.2, 0.25) is 17.7 Å². The van der Waals surface area contributed by atoms with E-state index in [1.165, 1.54) is 12.5 Å². The molecule has 1 heterocycles. The zero-order chi connectivity index (χ0) is 23.6. The van der Waals surface area contributed by atoms with Crippen molar-refractivity contribution in [3.05, 3.63) is 18.2 Å². The average molecular weight is 459 g/mol. The number of aromatic amines is 1. The number of nitrogens with one attached hydrogen (secondary N) is 4. The number of carbonyl (C=O) groups excluding carboxylic acids is 3. The zero-order valence-corrected chi connectivity index (χ0v) is 18.3. The third kappa shape index (κ3) is 8.94. The SMILES string of the molecule is CC(C)CC(NC(=O)C(Cc1cnc[nH]1)NC(=O)C(CS)NC(=O)C(N)CO)C(=O)O. The molecule has 8 N–H and O–H groups in total. The molecule has 0 aromatic carbocycles. The van der Waals surface area contributed by atoms with Gasteiger partial charge in [0.05, 0.1) is 12.9 Å². The number of thiol groups is 1. The minimum atomic E-state index is -1.22. The summed E-state index contributed by atoms with van der Waals surface area (Å²) in [6.07, 6.45) is 3.08. The second kappa shape index (κ2) is 12.9. The van der Waals surface area contributed by atoms with E-state index in [1.54, 1.807) is 0 Å². The molecule has 0 fully saturated rings. The number of nitrogens with zero attached hydrogens (tertiary/aromatic N) is 1. The number of hydrogen-bond acceptors (Lipinski definition) is 8. The Kier molecular flexibility index (Phi) is 11.0. The van der Waals surface area contributed by atoms with Gasteiger partial charge in [-0.3, -0.25) is 14.4 Å². The van der Waals surface area contributed by atoms with Crippen molar-refractivity contribution < 1.29 is 29.4 Å². The van der Waals surface area contributed by atoms with Crippen molar-refractivity contribution in [1.29, 1.82) is 0 Å². The molecule has 1 rings (SSSR count). The predicted molar refractivity (Wildman–Crippen MR) is 114 cm³/mol. The summed E-state index contributed by atoms with van der Waals surface area (Å²) in [6, 6.07) is -4.62. The number of aliphatic hydroxyl groups excluding tert-OH is 1. The largest absolute Gasteiger partial charge is 0.480 e. The number of rotatable bonds is 13. The smallest absolute Gasteiger partial charge is 0.326 e. The molecule has 4 unspecified atom stereocenters. The van der Waals surface area contributed by atoms with Crippen LogP contribution in [0.25, 0.3) is 0 Å². The molecule has 0 saturated carbocycles. The fourth-order valence-corrected chi connectivity index (χ4v) is 2.88. The van der Waals surface area contributed by atoms with E-state index in [1.807, 2.05) is 13.8 Å². The van der Waals surface area contributed by atoms with Crippen LogP contribution in [0.3, 0.4) is 0 Å². The van der Waals surface area contributed by atoms with E-state index >= 15 is 0 Å². The molecule has 12 nitrogen and oxygen atoms in total. The fraction of sp³-hybridized carbons (Fsp3) is 0.611. The molecule has 31 heavy (non-hydrogen) atoms. The lowest BCUT2D eigenvalue weighted by molar-refractivity contribution is -0.142. The van der Waals surface area contributed by atoms with E-state index in [4.69, 9.17) is 10.8 Å². The lowest BCUT2D eigenvalue weighted by Gasteiger charge is -2.24. The number of H-pyrrole nitrogens is 1. The van der Waals surface area contributed by atoms with Gasteiger partial charge < -0.3 is 36.9 Å². The molecule has 4 atom stereocenters. The van der Waals surface area contributed by atoms with Crippen LogP contribution in [0, 0.1) is 5.92 Å². The van der Waals surface area contributed by atoms with Gasteiger partial charge in [-0.1, -0.05) is 13.8 Å². The lowest BCUT2D eigenvalue weighted by atomic mass is 10.0. The number of hydrogen-bond donors (Lipinski definition) is 8. The maximum atomic E-state index is 12.8. The number of nitrogens with two attached hydrogens (primary N) is 1. The van der Waals surface area contributed by atoms with Crippen LogP contribution in [0.1, 0.15) is 26.0 Å². The minimum absolute atomic E-state index is 0.00891. The van der Waals surface area contributed by atoms with Crippen molar-refractivity contribution in [2.75, 3.05) is 12.4 Å². The fourth-order valence-electron chi connectivity index (χ4n) is 2.62. The molecule has 0 radical (unpaired) electrons. The summed E-state index contributed by atoms with van der Waals surface area (Å²) in [5, 5.41) is 25.6. The summed E-state index contributed by atoms with van der Waals surface area (Å²) in [6.45, 7) is 3.04. The summed E-state index contributed by atoms with van der Waals surface area (Å²) in [5.74, 6) is -3.45. The van der Waals surface area contributed by atoms with Crippen molar-refractivity contribution in [1.82, 2.24) is 25.9 Å². The highest BCUT2D eigenvalue weighted by atomic mass is 32.1. The monoisotopic (exact) mass is 458 g/mol. The highest BCUT2D eigenvalue weighted by Crippen LogP contribution is 2.07. The molecule has 3 amide bonds. The number of carboxylic acid groups (broad SMARTS) is 1. The molecule has 13 heteroatoms. The molecule has 0 aliphatic heterocycles. The van der Waals surface area contributed by atoms with Gasteiger partial charge in [-0.2, -0.15) is 12.6 Å². The Labute approximate surface area is 185 Å². The number of aliphatic carboxylic acids is 1. The van der Waals surface area contributed by atoms with Crippen molar-refractivity contribution in [3.63, 3.8) is 0 Å². The van der Waals surface area contributed by atoms with E-state index in [0.29, 0.717) is 5.69 Å². The van der Waals surface area contributed by atoms with Gasteiger partial charge in [-0.15, -0.1) is 0 Å². The Morgan fingerprint density at radius 1 is 1.10 bits per heavy atom. The third-order valence-electron chi connectivity index (χ3n) is 4.28. The number of carboxylic acids is 1. The first kappa shape index (κ1) is 26.4. The Hall–Kier alpha value is -2.64. The standard InChI is InChI=1S/C18H30N6O6S/c1-9(2)3-13(18(29)30)23-16(27)12(4-10-5-20-8-21-10)22-17(28)14(7-31)24-15(26)11(19)6-25/h5,8-9,11-14,25,31H,3-4,6-7,19H2,1-2H3,(H,20,21)(H,22,28)(H,23,27)(H,24,26)(H,29,30). The van der Waals surface area contributed by atoms with Crippen LogP contribution in [-0.2, 0) is 25.6 Å². The maximum absolute atomic E-state index is 12.8. The summed E-state index contributed by atoms with van der Waals surface area (Å²) in [4.78, 5) is 55.5. The quantitative estimate of drug-likeness (QED) is 0.152. The van der Waals surface area contributed by atoms with Crippen LogP contribution in [0.5, 0.6) is 0 Å². The molecule has 174 valence electrons. The molecule has 1 aromatic heterocycles. The topological polar surface area (TPSA) is 200 Å². The molecule has 0 bridgehead atoms. The summed E-state index contributed by atoms with van der Waals surface area (Å²) in [5.41, 5.74) is 5.97. The van der Waals surface area contributed by atoms with Gasteiger partial charge in [-0.25, -0.2) is 9.78 Å². The van der Waals surface area contributed by atoms with Crippen LogP contribution >= 0.6 is 12.6 Å². The Morgan fingerprint density at radius 2 is 1.68 bits per heavy atom. The number of aliphatic hydroxyl groups is 1. The first-order valence-electron chi connectivity index (χ1n) is 9.67. The van der Waals surface area contributed by atoms with Gasteiger partial charge in [0.25, 0.3) is 0 Å². The van der Waals surface area contributed by atoms with Crippen LogP contribution in [0.4, 0.5) is 0 Å². The lowest BCUT2D eigenvalue weighted by Crippen LogP contribution is -2.58. The van der Waals surface area contributed by atoms with E-state index in [9.17, 15) is 24.3 Å². The average Bonchev–Trinajstić information content (AvgIpc) is 3.22. The van der Waals surface area contributed by atoms with E-state index in [0.717, 1.165) is 0 Å². The van der Waals surface area contributed by atoms with Crippen molar-refractivity contribution >= 4 is 36.3 Å². The highest BCUT2D eigenvalue weighted by Gasteiger charge is 2.30. The number of imidazole rings is 1. The van der Waals surface area contributed by atoms with E-state index in [-0.39, 0.29) is 24.5 Å². The van der Waals surface area contributed by atoms with Crippen LogP contribution < -0.4 is 21.7 Å². The summed E-state index contributed by atoms with van der Waals surface area (Å²) >= 11 is 4.04. The number of amides is 3. The number of aromatic nitrogens is 2. The molecule has 0 saturated heterocycles. The minimum Gasteiger partial charge on any atom is -0.480 e. The first-order chi connectivity index (χ1) is 14.6. The molecule has 1 aromatic rings. The van der Waals surface area contributed by atoms with Gasteiger partial charge >= 0.3 is 5.97 Å². The van der Waals surface area contributed by atoms with Gasteiger partial charge in [0.1, 0.15) is 24.2 Å². The maximum Gasteiger partial charge on any atom is 0.326 e. The van der Waals surface area contributed by atoms with Gasteiger partial charge in [0, 0.05) is 24.1 Å². The number of carbonyl (C=O) groups is 4. The van der Waals surface area contributed by atoms with Crippen molar-refractivity contribution in [3.8, 4) is 0 Å². The third-order valence-corrected chi connectivity index (χ3v) is 4.65. The van der Waals surface area contributed by atoms with Gasteiger partial charge in [0.15, 0.2) is 0 Å². The predicted octanol–water partition coefficient (Wildman–Crippen LogP) is -2.21.